The Bertz CT molecular complexity index is 505. The second-order valence-electron chi connectivity index (χ2n) is 3.98. The molecule has 90 valence electrons. The lowest BCUT2D eigenvalue weighted by Crippen LogP contribution is -2.07. The van der Waals surface area contributed by atoms with Crippen LogP contribution in [0.5, 0.6) is 5.75 Å². The lowest BCUT2D eigenvalue weighted by Gasteiger charge is -2.10. The fraction of sp³-hybridized carbons (Fsp3) is 0.385. The number of rotatable bonds is 4. The number of nitrogens with zero attached hydrogens (tertiary/aromatic N) is 3. The number of aryl methyl sites for hydroxylation is 2. The molecule has 4 heteroatoms. The molecule has 1 aromatic carbocycles. The molecule has 0 N–H and O–H groups in total. The summed E-state index contributed by atoms with van der Waals surface area (Å²) in [6.45, 7) is 7.45. The molecule has 0 saturated carbocycles. The molecule has 17 heavy (non-hydrogen) atoms. The largest absolute Gasteiger partial charge is 0.485 e. The summed E-state index contributed by atoms with van der Waals surface area (Å²) < 4.78 is 7.62. The Hall–Kier alpha value is -1.84. The Morgan fingerprint density at radius 1 is 1.29 bits per heavy atom. The first-order chi connectivity index (χ1) is 8.22. The van der Waals surface area contributed by atoms with E-state index in [2.05, 4.69) is 30.0 Å². The molecule has 0 aliphatic carbocycles. The first-order valence-electron chi connectivity index (χ1n) is 5.78. The van der Waals surface area contributed by atoms with Crippen molar-refractivity contribution in [3.63, 3.8) is 0 Å². The maximum Gasteiger partial charge on any atom is 0.164 e. The predicted octanol–water partition coefficient (Wildman–Crippen LogP) is 2.49. The Kier molecular flexibility index (Phi) is 3.42. The molecule has 0 amide bonds. The van der Waals surface area contributed by atoms with Gasteiger partial charge in [-0.3, -0.25) is 0 Å². The SMILES string of the molecule is CCn1ncnc1COc1cccc(C)c1C. The molecule has 4 nitrogen and oxygen atoms in total. The van der Waals surface area contributed by atoms with Gasteiger partial charge in [-0.25, -0.2) is 9.67 Å². The number of benzene rings is 1. The van der Waals surface area contributed by atoms with Crippen molar-refractivity contribution in [3.05, 3.63) is 41.5 Å². The van der Waals surface area contributed by atoms with Crippen LogP contribution in [0.1, 0.15) is 23.9 Å². The van der Waals surface area contributed by atoms with Crippen LogP contribution < -0.4 is 4.74 Å². The molecule has 0 aliphatic rings. The van der Waals surface area contributed by atoms with Crippen LogP contribution in [0.4, 0.5) is 0 Å². The highest BCUT2D eigenvalue weighted by Crippen LogP contribution is 2.21. The second kappa shape index (κ2) is 4.99. The molecule has 0 saturated heterocycles. The fourth-order valence-corrected chi connectivity index (χ4v) is 1.69. The van der Waals surface area contributed by atoms with Gasteiger partial charge in [-0.05, 0) is 38.0 Å². The van der Waals surface area contributed by atoms with Gasteiger partial charge in [-0.1, -0.05) is 12.1 Å². The highest BCUT2D eigenvalue weighted by atomic mass is 16.5. The first kappa shape index (κ1) is 11.6. The van der Waals surface area contributed by atoms with Crippen LogP contribution in [0.3, 0.4) is 0 Å². The molecule has 0 bridgehead atoms. The van der Waals surface area contributed by atoms with E-state index >= 15 is 0 Å². The molecule has 1 aromatic heterocycles. The van der Waals surface area contributed by atoms with Crippen molar-refractivity contribution < 1.29 is 4.74 Å². The molecule has 2 aromatic rings. The summed E-state index contributed by atoms with van der Waals surface area (Å²) in [4.78, 5) is 4.18. The Morgan fingerprint density at radius 3 is 2.88 bits per heavy atom. The molecule has 0 fully saturated rings. The monoisotopic (exact) mass is 231 g/mol. The molecular weight excluding hydrogens is 214 g/mol. The fourth-order valence-electron chi connectivity index (χ4n) is 1.69. The van der Waals surface area contributed by atoms with Gasteiger partial charge >= 0.3 is 0 Å². The van der Waals surface area contributed by atoms with E-state index in [0.29, 0.717) is 6.61 Å². The highest BCUT2D eigenvalue weighted by Gasteiger charge is 2.06. The predicted molar refractivity (Wildman–Crippen MR) is 65.9 cm³/mol. The summed E-state index contributed by atoms with van der Waals surface area (Å²) in [5, 5.41) is 4.11. The van der Waals surface area contributed by atoms with Gasteiger partial charge < -0.3 is 4.74 Å². The zero-order chi connectivity index (χ0) is 12.3. The Balaban J connectivity index is 2.10. The third-order valence-electron chi connectivity index (χ3n) is 2.91. The third kappa shape index (κ3) is 2.46. The molecular formula is C13H17N3O. The van der Waals surface area contributed by atoms with Gasteiger partial charge in [0.15, 0.2) is 5.82 Å². The third-order valence-corrected chi connectivity index (χ3v) is 2.91. The van der Waals surface area contributed by atoms with Crippen molar-refractivity contribution in [1.29, 1.82) is 0 Å². The summed E-state index contributed by atoms with van der Waals surface area (Å²) in [5.41, 5.74) is 2.41. The van der Waals surface area contributed by atoms with Crippen LogP contribution in [-0.4, -0.2) is 14.8 Å². The van der Waals surface area contributed by atoms with E-state index in [1.807, 2.05) is 23.7 Å². The average molecular weight is 231 g/mol. The van der Waals surface area contributed by atoms with Gasteiger partial charge in [0.2, 0.25) is 0 Å². The van der Waals surface area contributed by atoms with Crippen LogP contribution in [0.2, 0.25) is 0 Å². The maximum absolute atomic E-state index is 5.78. The van der Waals surface area contributed by atoms with Gasteiger partial charge in [0, 0.05) is 6.54 Å². The van der Waals surface area contributed by atoms with Crippen LogP contribution >= 0.6 is 0 Å². The van der Waals surface area contributed by atoms with Gasteiger partial charge in [-0.2, -0.15) is 5.10 Å². The van der Waals surface area contributed by atoms with E-state index in [9.17, 15) is 0 Å². The standard InChI is InChI=1S/C13H17N3O/c1-4-16-13(14-9-15-16)8-17-12-7-5-6-10(2)11(12)3/h5-7,9H,4,8H2,1-3H3. The summed E-state index contributed by atoms with van der Waals surface area (Å²) in [6, 6.07) is 6.06. The molecule has 0 spiro atoms. The molecule has 0 atom stereocenters. The lowest BCUT2D eigenvalue weighted by molar-refractivity contribution is 0.285. The average Bonchev–Trinajstić information content (AvgIpc) is 2.78. The van der Waals surface area contributed by atoms with Crippen molar-refractivity contribution in [2.75, 3.05) is 0 Å². The number of hydrogen-bond donors (Lipinski definition) is 0. The minimum Gasteiger partial charge on any atom is -0.485 e. The quantitative estimate of drug-likeness (QED) is 0.811. The number of ether oxygens (including phenoxy) is 1. The normalized spacial score (nSPS) is 10.5. The zero-order valence-corrected chi connectivity index (χ0v) is 10.5. The smallest absolute Gasteiger partial charge is 0.164 e. The van der Waals surface area contributed by atoms with E-state index in [-0.39, 0.29) is 0 Å². The maximum atomic E-state index is 5.78. The van der Waals surface area contributed by atoms with Crippen LogP contribution in [0.25, 0.3) is 0 Å². The van der Waals surface area contributed by atoms with Gasteiger partial charge in [0.25, 0.3) is 0 Å². The summed E-state index contributed by atoms with van der Waals surface area (Å²) in [5.74, 6) is 1.77. The molecule has 1 heterocycles. The van der Waals surface area contributed by atoms with Gasteiger partial charge in [-0.15, -0.1) is 0 Å². The first-order valence-corrected chi connectivity index (χ1v) is 5.78. The summed E-state index contributed by atoms with van der Waals surface area (Å²) in [7, 11) is 0. The Labute approximate surface area is 101 Å². The zero-order valence-electron chi connectivity index (χ0n) is 10.5. The number of hydrogen-bond acceptors (Lipinski definition) is 3. The van der Waals surface area contributed by atoms with Gasteiger partial charge in [0.05, 0.1) is 0 Å². The molecule has 0 aliphatic heterocycles. The molecule has 2 rings (SSSR count). The van der Waals surface area contributed by atoms with Gasteiger partial charge in [0.1, 0.15) is 18.7 Å². The Morgan fingerprint density at radius 2 is 2.12 bits per heavy atom. The van der Waals surface area contributed by atoms with Crippen LogP contribution in [-0.2, 0) is 13.2 Å². The van der Waals surface area contributed by atoms with E-state index in [0.717, 1.165) is 18.1 Å². The van der Waals surface area contributed by atoms with E-state index < -0.39 is 0 Å². The lowest BCUT2D eigenvalue weighted by atomic mass is 10.1. The summed E-state index contributed by atoms with van der Waals surface area (Å²) >= 11 is 0. The van der Waals surface area contributed by atoms with Crippen molar-refractivity contribution >= 4 is 0 Å². The second-order valence-corrected chi connectivity index (χ2v) is 3.98. The van der Waals surface area contributed by atoms with E-state index in [1.165, 1.54) is 11.1 Å². The van der Waals surface area contributed by atoms with Crippen molar-refractivity contribution in [2.45, 2.75) is 33.9 Å². The van der Waals surface area contributed by atoms with Crippen LogP contribution in [0, 0.1) is 13.8 Å². The van der Waals surface area contributed by atoms with E-state index in [4.69, 9.17) is 4.74 Å². The summed E-state index contributed by atoms with van der Waals surface area (Å²) in [6.07, 6.45) is 1.56. The van der Waals surface area contributed by atoms with E-state index in [1.54, 1.807) is 6.33 Å². The topological polar surface area (TPSA) is 39.9 Å². The minimum atomic E-state index is 0.456. The van der Waals surface area contributed by atoms with Crippen molar-refractivity contribution in [2.24, 2.45) is 0 Å². The highest BCUT2D eigenvalue weighted by molar-refractivity contribution is 5.38. The number of aromatic nitrogens is 3. The van der Waals surface area contributed by atoms with Crippen molar-refractivity contribution in [3.8, 4) is 5.75 Å². The molecule has 0 unspecified atom stereocenters. The molecule has 0 radical (unpaired) electrons. The van der Waals surface area contributed by atoms with Crippen LogP contribution in [0.15, 0.2) is 24.5 Å². The minimum absolute atomic E-state index is 0.456. The van der Waals surface area contributed by atoms with Crippen molar-refractivity contribution in [1.82, 2.24) is 14.8 Å².